The molecule has 4 N–H and O–H groups in total. The van der Waals surface area contributed by atoms with Gasteiger partial charge in [-0.15, -0.1) is 5.10 Å². The Morgan fingerprint density at radius 3 is 2.58 bits per heavy atom. The standard InChI is InChI=1S/C10H12N4O5.C2H2N2O/c15-1-4-6(16)7(17)10(19-4)14-3-13-5-8(14)11-2-12-9(5)18;1-2-5-4-3-1/h2-4,6-7,10,15-17H,1H2,(H,11,12,18);1-2H/t4-,6-,7-,10-;/m1./s1. The van der Waals surface area contributed by atoms with Crippen molar-refractivity contribution in [3.8, 4) is 5.88 Å². The van der Waals surface area contributed by atoms with Crippen LogP contribution in [-0.4, -0.2) is 75.2 Å². The number of aliphatic hydroxyl groups excluding tert-OH is 3. The molecule has 0 bridgehead atoms. The summed E-state index contributed by atoms with van der Waals surface area (Å²) in [5, 5.41) is 44.6. The van der Waals surface area contributed by atoms with Gasteiger partial charge in [0.15, 0.2) is 17.4 Å². The number of aromatic hydroxyl groups is 1. The maximum atomic E-state index is 9.92. The maximum absolute atomic E-state index is 9.92. The SMILES string of the molecule is OC[C@H]1O[C@@H](n2cnc3c(O)ncnc32)[C@H](O)[C@@H]1O.c1conn1. The van der Waals surface area contributed by atoms with Gasteiger partial charge in [0.25, 0.3) is 0 Å². The van der Waals surface area contributed by atoms with Crippen molar-refractivity contribution in [2.24, 2.45) is 0 Å². The Labute approximate surface area is 134 Å². The van der Waals surface area contributed by atoms with E-state index in [0.29, 0.717) is 0 Å². The fourth-order valence-corrected chi connectivity index (χ4v) is 2.27. The minimum Gasteiger partial charge on any atom is -0.492 e. The Morgan fingerprint density at radius 1 is 1.17 bits per heavy atom. The molecule has 0 spiro atoms. The number of ether oxygens (including phenoxy) is 1. The van der Waals surface area contributed by atoms with E-state index in [4.69, 9.17) is 9.84 Å². The third-order valence-electron chi connectivity index (χ3n) is 3.41. The van der Waals surface area contributed by atoms with E-state index in [1.54, 1.807) is 0 Å². The van der Waals surface area contributed by atoms with Crippen molar-refractivity contribution >= 4 is 11.2 Å². The molecule has 24 heavy (non-hydrogen) atoms. The second-order valence-corrected chi connectivity index (χ2v) is 4.84. The first kappa shape index (κ1) is 16.2. The predicted molar refractivity (Wildman–Crippen MR) is 74.3 cm³/mol. The Kier molecular flexibility index (Phi) is 4.61. The highest BCUT2D eigenvalue weighted by Gasteiger charge is 2.43. The van der Waals surface area contributed by atoms with Crippen molar-refractivity contribution in [1.82, 2.24) is 29.9 Å². The smallest absolute Gasteiger partial charge is 0.242 e. The lowest BCUT2D eigenvalue weighted by molar-refractivity contribution is -0.0511. The van der Waals surface area contributed by atoms with Crippen molar-refractivity contribution < 1.29 is 29.7 Å². The molecule has 12 nitrogen and oxygen atoms in total. The first-order valence-corrected chi connectivity index (χ1v) is 6.83. The number of nitrogens with zero attached hydrogens (tertiary/aromatic N) is 6. The van der Waals surface area contributed by atoms with Crippen molar-refractivity contribution in [3.05, 3.63) is 25.1 Å². The van der Waals surface area contributed by atoms with Crippen LogP contribution in [0.3, 0.4) is 0 Å². The molecule has 0 aromatic carbocycles. The molecule has 1 aliphatic heterocycles. The van der Waals surface area contributed by atoms with E-state index in [-0.39, 0.29) is 17.0 Å². The number of aliphatic hydroxyl groups is 3. The summed E-state index contributed by atoms with van der Waals surface area (Å²) in [6.07, 6.45) is 1.09. The average Bonchev–Trinajstić information content (AvgIpc) is 3.32. The van der Waals surface area contributed by atoms with Gasteiger partial charge in [-0.2, -0.15) is 4.98 Å². The number of rotatable bonds is 2. The molecule has 3 aromatic heterocycles. The van der Waals surface area contributed by atoms with E-state index in [2.05, 4.69) is 29.8 Å². The Hall–Kier alpha value is -2.67. The number of hydrogen-bond donors (Lipinski definition) is 4. The largest absolute Gasteiger partial charge is 0.492 e. The van der Waals surface area contributed by atoms with Crippen molar-refractivity contribution in [2.75, 3.05) is 6.61 Å². The maximum Gasteiger partial charge on any atom is 0.242 e. The molecule has 0 saturated carbocycles. The Balaban J connectivity index is 0.000000290. The summed E-state index contributed by atoms with van der Waals surface area (Å²) in [7, 11) is 0. The van der Waals surface area contributed by atoms with E-state index in [0.717, 1.165) is 6.33 Å². The molecule has 4 atom stereocenters. The van der Waals surface area contributed by atoms with Crippen LogP contribution in [0.5, 0.6) is 5.88 Å². The highest BCUT2D eigenvalue weighted by Crippen LogP contribution is 2.32. The van der Waals surface area contributed by atoms with Gasteiger partial charge >= 0.3 is 0 Å². The van der Waals surface area contributed by atoms with E-state index >= 15 is 0 Å². The lowest BCUT2D eigenvalue weighted by atomic mass is 10.1. The predicted octanol–water partition coefficient (Wildman–Crippen LogP) is -1.79. The van der Waals surface area contributed by atoms with Gasteiger partial charge in [0, 0.05) is 5.27 Å². The zero-order valence-electron chi connectivity index (χ0n) is 12.1. The van der Waals surface area contributed by atoms with E-state index < -0.39 is 31.1 Å². The fourth-order valence-electron chi connectivity index (χ4n) is 2.27. The van der Waals surface area contributed by atoms with Crippen LogP contribution >= 0.6 is 0 Å². The van der Waals surface area contributed by atoms with Crippen LogP contribution < -0.4 is 0 Å². The average molecular weight is 338 g/mol. The minimum absolute atomic E-state index is 0.167. The van der Waals surface area contributed by atoms with Gasteiger partial charge in [-0.25, -0.2) is 9.97 Å². The lowest BCUT2D eigenvalue weighted by Gasteiger charge is -2.16. The molecule has 0 amide bonds. The van der Waals surface area contributed by atoms with E-state index in [9.17, 15) is 15.3 Å². The van der Waals surface area contributed by atoms with Crippen LogP contribution in [0.4, 0.5) is 0 Å². The van der Waals surface area contributed by atoms with Crippen LogP contribution in [0.15, 0.2) is 29.6 Å². The highest BCUT2D eigenvalue weighted by atomic mass is 16.6. The second-order valence-electron chi connectivity index (χ2n) is 4.84. The molecule has 0 radical (unpaired) electrons. The molecule has 1 fully saturated rings. The molecule has 0 aliphatic carbocycles. The number of imidazole rings is 1. The zero-order chi connectivity index (χ0) is 17.1. The normalized spacial score (nSPS) is 26.3. The van der Waals surface area contributed by atoms with Crippen LogP contribution in [0.1, 0.15) is 6.23 Å². The van der Waals surface area contributed by atoms with E-state index in [1.165, 1.54) is 23.4 Å². The molecule has 4 rings (SSSR count). The highest BCUT2D eigenvalue weighted by molar-refractivity contribution is 5.75. The summed E-state index contributed by atoms with van der Waals surface area (Å²) in [5.41, 5.74) is 0.433. The van der Waals surface area contributed by atoms with Crippen LogP contribution in [0.25, 0.3) is 11.2 Å². The number of aromatic nitrogens is 6. The first-order valence-electron chi connectivity index (χ1n) is 6.83. The van der Waals surface area contributed by atoms with Gasteiger partial charge in [-0.05, 0) is 0 Å². The van der Waals surface area contributed by atoms with Crippen molar-refractivity contribution in [1.29, 1.82) is 0 Å². The summed E-state index contributed by atoms with van der Waals surface area (Å²) >= 11 is 0. The van der Waals surface area contributed by atoms with Gasteiger partial charge in [-0.1, -0.05) is 0 Å². The first-order chi connectivity index (χ1) is 11.6. The minimum atomic E-state index is -1.23. The lowest BCUT2D eigenvalue weighted by Crippen LogP contribution is -2.33. The molecular weight excluding hydrogens is 324 g/mol. The molecule has 12 heteroatoms. The molecule has 3 aromatic rings. The van der Waals surface area contributed by atoms with Gasteiger partial charge in [0.05, 0.1) is 19.1 Å². The summed E-state index contributed by atoms with van der Waals surface area (Å²) in [4.78, 5) is 11.5. The van der Waals surface area contributed by atoms with Gasteiger partial charge in [-0.3, -0.25) is 4.57 Å². The molecule has 1 saturated heterocycles. The summed E-state index contributed by atoms with van der Waals surface area (Å²) in [5.74, 6) is -0.282. The third-order valence-corrected chi connectivity index (χ3v) is 3.41. The molecule has 128 valence electrons. The van der Waals surface area contributed by atoms with Crippen molar-refractivity contribution in [2.45, 2.75) is 24.5 Å². The molecule has 1 aliphatic rings. The summed E-state index contributed by atoms with van der Waals surface area (Å²) in [6.45, 7) is -0.415. The van der Waals surface area contributed by atoms with Crippen molar-refractivity contribution in [3.63, 3.8) is 0 Å². The molecular formula is C12H14N6O6. The van der Waals surface area contributed by atoms with Gasteiger partial charge < -0.3 is 29.7 Å². The quantitative estimate of drug-likeness (QED) is 0.415. The van der Waals surface area contributed by atoms with Gasteiger partial charge in [0.2, 0.25) is 5.88 Å². The second kappa shape index (κ2) is 6.84. The molecule has 4 heterocycles. The Morgan fingerprint density at radius 2 is 2.00 bits per heavy atom. The summed E-state index contributed by atoms with van der Waals surface area (Å²) < 4.78 is 11.0. The van der Waals surface area contributed by atoms with Gasteiger partial charge in [0.1, 0.15) is 30.9 Å². The van der Waals surface area contributed by atoms with Crippen LogP contribution in [0, 0.1) is 0 Å². The molecule has 0 unspecified atom stereocenters. The fraction of sp³-hybridized carbons (Fsp3) is 0.417. The topological polar surface area (TPSA) is 173 Å². The number of fused-ring (bicyclic) bond motifs is 1. The van der Waals surface area contributed by atoms with E-state index in [1.807, 2.05) is 0 Å². The third kappa shape index (κ3) is 2.90. The zero-order valence-corrected chi connectivity index (χ0v) is 12.1. The number of hydrogen-bond acceptors (Lipinski definition) is 11. The Bertz CT molecular complexity index is 762. The monoisotopic (exact) mass is 338 g/mol. The van der Waals surface area contributed by atoms with Crippen LogP contribution in [0.2, 0.25) is 0 Å². The van der Waals surface area contributed by atoms with Crippen LogP contribution in [-0.2, 0) is 4.74 Å². The summed E-state index contributed by atoms with van der Waals surface area (Å²) in [6, 6.07) is 0.